The molecule has 4 aromatic rings. The van der Waals surface area contributed by atoms with Crippen molar-refractivity contribution in [1.82, 2.24) is 0 Å². The Kier molecular flexibility index (Phi) is 6.84. The van der Waals surface area contributed by atoms with Crippen molar-refractivity contribution in [2.75, 3.05) is 23.7 Å². The molecule has 0 spiro atoms. The van der Waals surface area contributed by atoms with Crippen molar-refractivity contribution in [3.63, 3.8) is 0 Å². The fraction of sp³-hybridized carbons (Fsp3) is 0.235. The fourth-order valence-electron chi connectivity index (χ4n) is 6.89. The van der Waals surface area contributed by atoms with Crippen molar-refractivity contribution >= 4 is 52.3 Å². The topological polar surface area (TPSA) is 87.1 Å². The molecule has 6 nitrogen and oxygen atoms in total. The maximum Gasteiger partial charge on any atom is 0.339 e. The third kappa shape index (κ3) is 4.26. The summed E-state index contributed by atoms with van der Waals surface area (Å²) in [4.78, 5) is 25.4. The zero-order valence-corrected chi connectivity index (χ0v) is 24.3. The lowest BCUT2D eigenvalue weighted by Crippen LogP contribution is -2.31. The van der Waals surface area contributed by atoms with Gasteiger partial charge in [0.1, 0.15) is 22.9 Å². The molecule has 0 saturated heterocycles. The Morgan fingerprint density at radius 1 is 0.955 bits per heavy atom. The highest BCUT2D eigenvalue weighted by Gasteiger charge is 2.37. The summed E-state index contributed by atoms with van der Waals surface area (Å²) in [6.45, 7) is 5.93. The maximum atomic E-state index is 16.7. The number of aliphatic carboxylic acids is 1. The molecule has 224 valence electrons. The van der Waals surface area contributed by atoms with E-state index in [4.69, 9.17) is 4.74 Å². The second kappa shape index (κ2) is 10.6. The van der Waals surface area contributed by atoms with E-state index in [0.717, 1.165) is 55.6 Å². The lowest BCUT2D eigenvalue weighted by molar-refractivity contribution is -0.133. The summed E-state index contributed by atoms with van der Waals surface area (Å²) in [5, 5.41) is 21.7. The summed E-state index contributed by atoms with van der Waals surface area (Å²) >= 11 is 0.262. The number of carboxylic acid groups (broad SMARTS) is 2. The molecule has 0 fully saturated rings. The van der Waals surface area contributed by atoms with Gasteiger partial charge in [-0.25, -0.2) is 18.0 Å². The Morgan fingerprint density at radius 2 is 1.70 bits per heavy atom. The first-order valence-electron chi connectivity index (χ1n) is 14.3. The average Bonchev–Trinajstić information content (AvgIpc) is 3.21. The molecule has 0 unspecified atom stereocenters. The third-order valence-corrected chi connectivity index (χ3v) is 9.67. The minimum Gasteiger partial charge on any atom is -0.481 e. The van der Waals surface area contributed by atoms with E-state index in [-0.39, 0.29) is 17.3 Å². The van der Waals surface area contributed by atoms with E-state index in [0.29, 0.717) is 44.7 Å². The molecule has 4 aromatic carbocycles. The van der Waals surface area contributed by atoms with Gasteiger partial charge in [-0.15, -0.1) is 11.8 Å². The number of carbonyl (C=O) groups is 2. The molecule has 3 aliphatic heterocycles. The van der Waals surface area contributed by atoms with Crippen molar-refractivity contribution in [2.45, 2.75) is 37.0 Å². The van der Waals surface area contributed by atoms with Crippen LogP contribution >= 0.6 is 11.8 Å². The number of fused-ring (bicyclic) bond motifs is 5. The number of thioether (sulfide) groups is 1. The summed E-state index contributed by atoms with van der Waals surface area (Å²) in [5.74, 6) is -8.11. The Morgan fingerprint density at radius 3 is 2.45 bits per heavy atom. The number of hydrogen-bond donors (Lipinski definition) is 2. The van der Waals surface area contributed by atoms with Gasteiger partial charge in [0.05, 0.1) is 10.6 Å². The Balaban J connectivity index is 1.70. The molecule has 0 atom stereocenters. The molecule has 0 amide bonds. The van der Waals surface area contributed by atoms with E-state index in [1.807, 2.05) is 12.1 Å². The number of aromatic carboxylic acids is 1. The zero-order chi connectivity index (χ0) is 30.9. The predicted molar refractivity (Wildman–Crippen MR) is 162 cm³/mol. The summed E-state index contributed by atoms with van der Waals surface area (Å²) in [5.41, 5.74) is 1.61. The SMILES string of the molecule is C=c1cc2c(c3ccccc13)=C(c1c(F)c(SCC(=O)O)c(F)c(F)c1C(=O)O)c1cc3c4c(c1O2)CCCN4CCCC3. The summed E-state index contributed by atoms with van der Waals surface area (Å²) in [6, 6.07) is 10.7. The molecule has 7 rings (SSSR count). The van der Waals surface area contributed by atoms with Crippen molar-refractivity contribution in [3.8, 4) is 11.5 Å². The second-order valence-electron chi connectivity index (χ2n) is 11.2. The first-order valence-corrected chi connectivity index (χ1v) is 15.3. The number of hydrogen-bond acceptors (Lipinski definition) is 5. The number of benzene rings is 4. The van der Waals surface area contributed by atoms with Gasteiger partial charge in [-0.05, 0) is 65.8 Å². The van der Waals surface area contributed by atoms with Crippen LogP contribution in [0.3, 0.4) is 0 Å². The van der Waals surface area contributed by atoms with E-state index >= 15 is 13.2 Å². The molecule has 0 radical (unpaired) electrons. The highest BCUT2D eigenvalue weighted by molar-refractivity contribution is 8.00. The van der Waals surface area contributed by atoms with Crippen LogP contribution in [0.15, 0.2) is 41.3 Å². The Bertz CT molecular complexity index is 2060. The predicted octanol–water partition coefficient (Wildman–Crippen LogP) is 5.98. The molecule has 2 N–H and O–H groups in total. The molecule has 0 saturated carbocycles. The molecular weight excluding hydrogens is 591 g/mol. The average molecular weight is 618 g/mol. The molecule has 0 aliphatic carbocycles. The summed E-state index contributed by atoms with van der Waals surface area (Å²) in [6.07, 6.45) is 4.15. The van der Waals surface area contributed by atoms with Gasteiger partial charge in [-0.3, -0.25) is 4.79 Å². The van der Waals surface area contributed by atoms with Crippen LogP contribution in [0.4, 0.5) is 18.9 Å². The van der Waals surface area contributed by atoms with Gasteiger partial charge in [0.2, 0.25) is 0 Å². The summed E-state index contributed by atoms with van der Waals surface area (Å²) < 4.78 is 54.4. The Hall–Kier alpha value is -4.44. The van der Waals surface area contributed by atoms with Crippen LogP contribution < -0.4 is 20.1 Å². The largest absolute Gasteiger partial charge is 0.481 e. The normalized spacial score (nSPS) is 15.2. The third-order valence-electron chi connectivity index (χ3n) is 8.63. The number of aryl methyl sites for hydroxylation is 1. The number of carboxylic acids is 2. The lowest BCUT2D eigenvalue weighted by atomic mass is 9.83. The number of ether oxygens (including phenoxy) is 1. The minimum absolute atomic E-state index is 0.0591. The quantitative estimate of drug-likeness (QED) is 0.185. The number of rotatable bonds is 5. The van der Waals surface area contributed by atoms with E-state index in [1.54, 1.807) is 24.3 Å². The molecular formula is C34H26F3NO5S. The van der Waals surface area contributed by atoms with Crippen molar-refractivity contribution in [1.29, 1.82) is 0 Å². The smallest absolute Gasteiger partial charge is 0.339 e. The van der Waals surface area contributed by atoms with Crippen LogP contribution in [-0.2, 0) is 17.6 Å². The van der Waals surface area contributed by atoms with Crippen molar-refractivity contribution < 1.29 is 37.7 Å². The number of halogens is 3. The monoisotopic (exact) mass is 617 g/mol. The van der Waals surface area contributed by atoms with Crippen LogP contribution in [0.2, 0.25) is 0 Å². The van der Waals surface area contributed by atoms with Crippen molar-refractivity contribution in [3.05, 3.63) is 92.1 Å². The Labute approximate surface area is 254 Å². The van der Waals surface area contributed by atoms with Crippen LogP contribution in [0, 0.1) is 17.5 Å². The van der Waals surface area contributed by atoms with Gasteiger partial charge in [-0.2, -0.15) is 0 Å². The zero-order valence-electron chi connectivity index (χ0n) is 23.4. The summed E-state index contributed by atoms with van der Waals surface area (Å²) in [7, 11) is 0. The van der Waals surface area contributed by atoms with Gasteiger partial charge >= 0.3 is 11.9 Å². The minimum atomic E-state index is -1.85. The highest BCUT2D eigenvalue weighted by atomic mass is 32.2. The molecule has 0 aromatic heterocycles. The lowest BCUT2D eigenvalue weighted by Gasteiger charge is -2.35. The van der Waals surface area contributed by atoms with E-state index < -0.39 is 51.2 Å². The second-order valence-corrected chi connectivity index (χ2v) is 12.2. The van der Waals surface area contributed by atoms with Crippen LogP contribution in [-0.4, -0.2) is 41.0 Å². The van der Waals surface area contributed by atoms with E-state index in [9.17, 15) is 19.8 Å². The molecule has 3 aliphatic rings. The van der Waals surface area contributed by atoms with Gasteiger partial charge in [0, 0.05) is 46.3 Å². The molecule has 0 bridgehead atoms. The highest BCUT2D eigenvalue weighted by Crippen LogP contribution is 2.49. The molecule has 3 heterocycles. The number of nitrogens with zero attached hydrogens (tertiary/aromatic N) is 1. The molecule has 44 heavy (non-hydrogen) atoms. The van der Waals surface area contributed by atoms with E-state index in [1.165, 1.54) is 0 Å². The van der Waals surface area contributed by atoms with Crippen LogP contribution in [0.5, 0.6) is 11.5 Å². The van der Waals surface area contributed by atoms with Gasteiger partial charge in [-0.1, -0.05) is 30.8 Å². The van der Waals surface area contributed by atoms with Crippen LogP contribution in [0.1, 0.15) is 51.9 Å². The standard InChI is InChI=1S/C34H26F3NO5S/c1-16-13-22-24(19-9-3-2-8-18(16)19)25(26-27(34(41)42)28(35)30(37)33(29(26)36)44-15-23(39)40)21-14-17-7-4-5-11-38-12-6-10-20(31(17)38)32(21)43-22/h2-3,8-9,13-14H,1,4-7,10-12,15H2,(H,39,40)(H,41,42). The van der Waals surface area contributed by atoms with Crippen LogP contribution in [0.25, 0.3) is 22.9 Å². The van der Waals surface area contributed by atoms with E-state index in [2.05, 4.69) is 11.5 Å². The fourth-order valence-corrected chi connectivity index (χ4v) is 7.60. The first-order chi connectivity index (χ1) is 21.2. The maximum absolute atomic E-state index is 16.7. The van der Waals surface area contributed by atoms with Crippen molar-refractivity contribution in [2.24, 2.45) is 0 Å². The first kappa shape index (κ1) is 28.3. The van der Waals surface area contributed by atoms with Gasteiger partial charge in [0.15, 0.2) is 11.6 Å². The van der Waals surface area contributed by atoms with Gasteiger partial charge < -0.3 is 19.8 Å². The van der Waals surface area contributed by atoms with Gasteiger partial charge in [0.25, 0.3) is 0 Å². The molecule has 10 heteroatoms. The number of anilines is 1.